The van der Waals surface area contributed by atoms with Crippen LogP contribution in [0, 0.1) is 0 Å². The molecular weight excluding hydrogens is 433 g/mol. The van der Waals surface area contributed by atoms with E-state index in [0.717, 1.165) is 11.1 Å². The molecule has 8 heteroatoms. The van der Waals surface area contributed by atoms with Crippen LogP contribution in [0.4, 0.5) is 0 Å². The van der Waals surface area contributed by atoms with Crippen LogP contribution >= 0.6 is 23.2 Å². The minimum Gasteiger partial charge on any atom is -0.495 e. The summed E-state index contributed by atoms with van der Waals surface area (Å²) in [5.74, 6) is 0.972. The van der Waals surface area contributed by atoms with Crippen molar-refractivity contribution in [3.05, 3.63) is 76.8 Å². The Balaban J connectivity index is 1.67. The van der Waals surface area contributed by atoms with Crippen LogP contribution in [-0.4, -0.2) is 28.7 Å². The van der Waals surface area contributed by atoms with E-state index in [1.165, 1.54) is 19.2 Å². The van der Waals surface area contributed by atoms with Gasteiger partial charge in [0.2, 0.25) is 10.0 Å². The molecule has 3 aromatic rings. The zero-order valence-corrected chi connectivity index (χ0v) is 17.9. The zero-order valence-electron chi connectivity index (χ0n) is 15.6. The Labute approximate surface area is 180 Å². The SMILES string of the molecule is COc1ccc(S(=O)(=O)NCCOc2ccccc2-c2ccccc2)c(Cl)c1Cl. The maximum absolute atomic E-state index is 12.6. The van der Waals surface area contributed by atoms with E-state index in [-0.39, 0.29) is 28.1 Å². The van der Waals surface area contributed by atoms with Gasteiger partial charge in [0.25, 0.3) is 0 Å². The molecule has 3 aromatic carbocycles. The van der Waals surface area contributed by atoms with Gasteiger partial charge in [-0.2, -0.15) is 0 Å². The number of sulfonamides is 1. The van der Waals surface area contributed by atoms with Crippen LogP contribution in [-0.2, 0) is 10.0 Å². The quantitative estimate of drug-likeness (QED) is 0.487. The third-order valence-corrected chi connectivity index (χ3v) is 6.62. The van der Waals surface area contributed by atoms with Crippen LogP contribution < -0.4 is 14.2 Å². The molecule has 0 saturated carbocycles. The normalized spacial score (nSPS) is 11.3. The molecule has 5 nitrogen and oxygen atoms in total. The van der Waals surface area contributed by atoms with E-state index in [1.54, 1.807) is 0 Å². The fourth-order valence-corrected chi connectivity index (χ4v) is 4.59. The van der Waals surface area contributed by atoms with Gasteiger partial charge in [0.15, 0.2) is 0 Å². The van der Waals surface area contributed by atoms with Crippen molar-refractivity contribution >= 4 is 33.2 Å². The average Bonchev–Trinajstić information content (AvgIpc) is 2.74. The number of hydrogen-bond acceptors (Lipinski definition) is 4. The van der Waals surface area contributed by atoms with Gasteiger partial charge >= 0.3 is 0 Å². The van der Waals surface area contributed by atoms with Crippen molar-refractivity contribution in [2.24, 2.45) is 0 Å². The van der Waals surface area contributed by atoms with Gasteiger partial charge in [-0.25, -0.2) is 13.1 Å². The van der Waals surface area contributed by atoms with Gasteiger partial charge in [0.1, 0.15) is 28.0 Å². The van der Waals surface area contributed by atoms with Crippen LogP contribution in [0.25, 0.3) is 11.1 Å². The van der Waals surface area contributed by atoms with E-state index in [2.05, 4.69) is 4.72 Å². The summed E-state index contributed by atoms with van der Waals surface area (Å²) in [6, 6.07) is 20.2. The highest BCUT2D eigenvalue weighted by molar-refractivity contribution is 7.89. The standard InChI is InChI=1S/C21H19Cl2NO4S/c1-27-18-11-12-19(21(23)20(18)22)29(25,26)24-13-14-28-17-10-6-5-9-16(17)15-7-3-2-4-8-15/h2-12,24H,13-14H2,1H3. The molecule has 0 heterocycles. The predicted molar refractivity (Wildman–Crippen MR) is 116 cm³/mol. The smallest absolute Gasteiger partial charge is 0.242 e. The van der Waals surface area contributed by atoms with Crippen LogP contribution in [0.3, 0.4) is 0 Å². The maximum Gasteiger partial charge on any atom is 0.242 e. The number of benzene rings is 3. The molecule has 0 fully saturated rings. The summed E-state index contributed by atoms with van der Waals surface area (Å²) in [7, 11) is -2.43. The summed E-state index contributed by atoms with van der Waals surface area (Å²) in [6.07, 6.45) is 0. The number of para-hydroxylation sites is 1. The van der Waals surface area contributed by atoms with Crippen molar-refractivity contribution in [3.63, 3.8) is 0 Å². The Hall–Kier alpha value is -2.25. The van der Waals surface area contributed by atoms with E-state index >= 15 is 0 Å². The molecule has 0 atom stereocenters. The first kappa shape index (κ1) is 21.5. The molecule has 0 unspecified atom stereocenters. The van der Waals surface area contributed by atoms with Gasteiger partial charge in [0, 0.05) is 12.1 Å². The second-order valence-electron chi connectivity index (χ2n) is 6.00. The van der Waals surface area contributed by atoms with Gasteiger partial charge in [-0.05, 0) is 23.8 Å². The van der Waals surface area contributed by atoms with Crippen LogP contribution in [0.2, 0.25) is 10.0 Å². The number of ether oxygens (including phenoxy) is 2. The molecule has 152 valence electrons. The van der Waals surface area contributed by atoms with Crippen LogP contribution in [0.5, 0.6) is 11.5 Å². The molecule has 3 rings (SSSR count). The summed E-state index contributed by atoms with van der Waals surface area (Å²) < 4.78 is 38.4. The Morgan fingerprint density at radius 2 is 1.55 bits per heavy atom. The highest BCUT2D eigenvalue weighted by atomic mass is 35.5. The lowest BCUT2D eigenvalue weighted by Gasteiger charge is -2.13. The lowest BCUT2D eigenvalue weighted by molar-refractivity contribution is 0.324. The molecule has 0 bridgehead atoms. The first-order valence-electron chi connectivity index (χ1n) is 8.73. The van der Waals surface area contributed by atoms with E-state index in [0.29, 0.717) is 11.5 Å². The van der Waals surface area contributed by atoms with E-state index in [4.69, 9.17) is 32.7 Å². The zero-order chi connectivity index (χ0) is 20.9. The van der Waals surface area contributed by atoms with Gasteiger partial charge in [-0.15, -0.1) is 0 Å². The van der Waals surface area contributed by atoms with Gasteiger partial charge in [-0.3, -0.25) is 0 Å². The van der Waals surface area contributed by atoms with E-state index < -0.39 is 10.0 Å². The Morgan fingerprint density at radius 3 is 2.28 bits per heavy atom. The lowest BCUT2D eigenvalue weighted by Crippen LogP contribution is -2.28. The predicted octanol–water partition coefficient (Wildman–Crippen LogP) is 5.03. The van der Waals surface area contributed by atoms with Crippen LogP contribution in [0.15, 0.2) is 71.6 Å². The minimum absolute atomic E-state index is 0.0464. The molecule has 0 amide bonds. The van der Waals surface area contributed by atoms with Crippen molar-refractivity contribution in [2.45, 2.75) is 4.90 Å². The molecule has 0 saturated heterocycles. The Kier molecular flexibility index (Phi) is 7.03. The molecule has 29 heavy (non-hydrogen) atoms. The minimum atomic E-state index is -3.86. The first-order valence-corrected chi connectivity index (χ1v) is 11.0. The van der Waals surface area contributed by atoms with Crippen molar-refractivity contribution in [3.8, 4) is 22.6 Å². The fourth-order valence-electron chi connectivity index (χ4n) is 2.74. The van der Waals surface area contributed by atoms with Crippen LogP contribution in [0.1, 0.15) is 0 Å². The molecule has 0 aliphatic carbocycles. The maximum atomic E-state index is 12.6. The van der Waals surface area contributed by atoms with Crippen molar-refractivity contribution in [2.75, 3.05) is 20.3 Å². The van der Waals surface area contributed by atoms with Gasteiger partial charge < -0.3 is 9.47 Å². The molecular formula is C21H19Cl2NO4S. The second-order valence-corrected chi connectivity index (χ2v) is 8.49. The lowest BCUT2D eigenvalue weighted by atomic mass is 10.1. The monoisotopic (exact) mass is 451 g/mol. The summed E-state index contributed by atoms with van der Waals surface area (Å²) in [5.41, 5.74) is 1.95. The molecule has 1 N–H and O–H groups in total. The van der Waals surface area contributed by atoms with Crippen molar-refractivity contribution in [1.82, 2.24) is 4.72 Å². The van der Waals surface area contributed by atoms with Crippen molar-refractivity contribution < 1.29 is 17.9 Å². The molecule has 0 radical (unpaired) electrons. The van der Waals surface area contributed by atoms with E-state index in [1.807, 2.05) is 54.6 Å². The highest BCUT2D eigenvalue weighted by Gasteiger charge is 2.21. The summed E-state index contributed by atoms with van der Waals surface area (Å²) in [6.45, 7) is 0.204. The first-order chi connectivity index (χ1) is 13.9. The van der Waals surface area contributed by atoms with Gasteiger partial charge in [-0.1, -0.05) is 71.7 Å². The fraction of sp³-hybridized carbons (Fsp3) is 0.143. The largest absolute Gasteiger partial charge is 0.495 e. The Morgan fingerprint density at radius 1 is 0.862 bits per heavy atom. The number of rotatable bonds is 8. The average molecular weight is 452 g/mol. The van der Waals surface area contributed by atoms with Crippen molar-refractivity contribution in [1.29, 1.82) is 0 Å². The van der Waals surface area contributed by atoms with E-state index in [9.17, 15) is 8.42 Å². The molecule has 0 aromatic heterocycles. The summed E-state index contributed by atoms with van der Waals surface area (Å²) in [5, 5.41) is -0.0426. The second kappa shape index (κ2) is 9.50. The topological polar surface area (TPSA) is 64.6 Å². The molecule has 0 spiro atoms. The number of hydrogen-bond donors (Lipinski definition) is 1. The summed E-state index contributed by atoms with van der Waals surface area (Å²) >= 11 is 12.1. The number of nitrogens with one attached hydrogen (secondary N) is 1. The summed E-state index contributed by atoms with van der Waals surface area (Å²) in [4.78, 5) is -0.116. The number of halogens is 2. The third kappa shape index (κ3) is 5.03. The highest BCUT2D eigenvalue weighted by Crippen LogP contribution is 2.36. The Bertz CT molecular complexity index is 1090. The molecule has 0 aliphatic heterocycles. The molecule has 0 aliphatic rings. The van der Waals surface area contributed by atoms with Gasteiger partial charge in [0.05, 0.1) is 12.1 Å². The third-order valence-electron chi connectivity index (χ3n) is 4.14. The number of methoxy groups -OCH3 is 1.